The van der Waals surface area contributed by atoms with Crippen molar-refractivity contribution in [2.24, 2.45) is 0 Å². The minimum absolute atomic E-state index is 0.200. The first-order valence-corrected chi connectivity index (χ1v) is 7.57. The number of phenolic OH excluding ortho intramolecular Hbond substituents is 1. The van der Waals surface area contributed by atoms with Crippen LogP contribution in [0.3, 0.4) is 0 Å². The van der Waals surface area contributed by atoms with Gasteiger partial charge in [-0.25, -0.2) is 4.98 Å². The normalized spacial score (nSPS) is 10.6. The number of hydrogen-bond acceptors (Lipinski definition) is 6. The summed E-state index contributed by atoms with van der Waals surface area (Å²) >= 11 is 0. The molecule has 0 amide bonds. The number of oxazole rings is 1. The predicted octanol–water partition coefficient (Wildman–Crippen LogP) is 4.30. The number of benzene rings is 2. The zero-order chi connectivity index (χ0) is 17.1. The molecule has 0 unspecified atom stereocenters. The number of phenols is 1. The summed E-state index contributed by atoms with van der Waals surface area (Å²) in [7, 11) is 0. The van der Waals surface area contributed by atoms with Gasteiger partial charge in [0.25, 0.3) is 0 Å². The Morgan fingerprint density at radius 2 is 1.56 bits per heavy atom. The first-order chi connectivity index (χ1) is 12.3. The van der Waals surface area contributed by atoms with E-state index in [9.17, 15) is 5.11 Å². The molecular formula is C19H13N3O3. The molecule has 4 aromatic rings. The third-order valence-electron chi connectivity index (χ3n) is 3.50. The highest BCUT2D eigenvalue weighted by Crippen LogP contribution is 2.27. The van der Waals surface area contributed by atoms with Crippen LogP contribution < -0.4 is 4.74 Å². The smallest absolute Gasteiger partial charge is 0.226 e. The van der Waals surface area contributed by atoms with Crippen molar-refractivity contribution in [3.8, 4) is 40.1 Å². The SMILES string of the molecule is Oc1ccc(Oc2ccc(-c3nc(-c4cnccn4)co3)cc2)cc1. The Morgan fingerprint density at radius 3 is 2.24 bits per heavy atom. The van der Waals surface area contributed by atoms with Crippen molar-refractivity contribution in [3.63, 3.8) is 0 Å². The van der Waals surface area contributed by atoms with E-state index in [4.69, 9.17) is 9.15 Å². The van der Waals surface area contributed by atoms with E-state index in [1.54, 1.807) is 49.1 Å². The summed E-state index contributed by atoms with van der Waals surface area (Å²) in [5.74, 6) is 2.02. The summed E-state index contributed by atoms with van der Waals surface area (Å²) in [5, 5.41) is 9.29. The quantitative estimate of drug-likeness (QED) is 0.600. The van der Waals surface area contributed by atoms with Crippen LogP contribution in [0.1, 0.15) is 0 Å². The number of rotatable bonds is 4. The predicted molar refractivity (Wildman–Crippen MR) is 91.1 cm³/mol. The van der Waals surface area contributed by atoms with E-state index < -0.39 is 0 Å². The van der Waals surface area contributed by atoms with Gasteiger partial charge in [0.05, 0.1) is 6.20 Å². The average molecular weight is 331 g/mol. The van der Waals surface area contributed by atoms with Crippen molar-refractivity contribution in [2.75, 3.05) is 0 Å². The minimum Gasteiger partial charge on any atom is -0.508 e. The molecule has 0 saturated heterocycles. The summed E-state index contributed by atoms with van der Waals surface area (Å²) in [5.41, 5.74) is 2.12. The van der Waals surface area contributed by atoms with Crippen LogP contribution in [0.5, 0.6) is 17.2 Å². The molecule has 2 aromatic heterocycles. The van der Waals surface area contributed by atoms with Crippen molar-refractivity contribution in [1.29, 1.82) is 0 Å². The van der Waals surface area contributed by atoms with Crippen LogP contribution in [0.2, 0.25) is 0 Å². The topological polar surface area (TPSA) is 81.3 Å². The monoisotopic (exact) mass is 331 g/mol. The number of aromatic hydroxyl groups is 1. The maximum absolute atomic E-state index is 9.29. The van der Waals surface area contributed by atoms with Gasteiger partial charge in [-0.1, -0.05) is 0 Å². The molecule has 0 aliphatic carbocycles. The first-order valence-electron chi connectivity index (χ1n) is 7.57. The molecule has 0 aliphatic rings. The maximum Gasteiger partial charge on any atom is 0.226 e. The molecular weight excluding hydrogens is 318 g/mol. The number of aromatic nitrogens is 3. The molecule has 25 heavy (non-hydrogen) atoms. The summed E-state index contributed by atoms with van der Waals surface area (Å²) in [4.78, 5) is 12.7. The first kappa shape index (κ1) is 14.9. The highest BCUT2D eigenvalue weighted by atomic mass is 16.5. The van der Waals surface area contributed by atoms with Crippen LogP contribution in [-0.4, -0.2) is 20.1 Å². The fourth-order valence-corrected chi connectivity index (χ4v) is 2.27. The molecule has 122 valence electrons. The van der Waals surface area contributed by atoms with E-state index in [1.165, 1.54) is 0 Å². The highest BCUT2D eigenvalue weighted by Gasteiger charge is 2.09. The zero-order valence-corrected chi connectivity index (χ0v) is 13.0. The van der Waals surface area contributed by atoms with Crippen molar-refractivity contribution >= 4 is 0 Å². The molecule has 6 nitrogen and oxygen atoms in total. The minimum atomic E-state index is 0.200. The van der Waals surface area contributed by atoms with Gasteiger partial charge in [0.1, 0.15) is 34.9 Å². The molecule has 4 rings (SSSR count). The zero-order valence-electron chi connectivity index (χ0n) is 13.0. The van der Waals surface area contributed by atoms with Gasteiger partial charge in [0.15, 0.2) is 0 Å². The second kappa shape index (κ2) is 6.45. The van der Waals surface area contributed by atoms with Crippen LogP contribution in [0.25, 0.3) is 22.8 Å². The summed E-state index contributed by atoms with van der Waals surface area (Å²) < 4.78 is 11.2. The van der Waals surface area contributed by atoms with Crippen LogP contribution in [0.4, 0.5) is 0 Å². The van der Waals surface area contributed by atoms with Crippen LogP contribution in [-0.2, 0) is 0 Å². The lowest BCUT2D eigenvalue weighted by Crippen LogP contribution is -1.86. The standard InChI is InChI=1S/C19H13N3O3/c23-14-3-7-16(8-4-14)25-15-5-1-13(2-6-15)19-22-18(12-24-19)17-11-20-9-10-21-17/h1-12,23H. The molecule has 0 bridgehead atoms. The van der Waals surface area contributed by atoms with E-state index in [-0.39, 0.29) is 5.75 Å². The van der Waals surface area contributed by atoms with E-state index in [0.29, 0.717) is 28.8 Å². The van der Waals surface area contributed by atoms with Gasteiger partial charge < -0.3 is 14.3 Å². The average Bonchev–Trinajstić information content (AvgIpc) is 3.15. The van der Waals surface area contributed by atoms with Crippen molar-refractivity contribution < 1.29 is 14.3 Å². The summed E-state index contributed by atoms with van der Waals surface area (Å²) in [6, 6.07) is 13.9. The Labute approximate surface area is 143 Å². The van der Waals surface area contributed by atoms with Crippen molar-refractivity contribution in [2.45, 2.75) is 0 Å². The fourth-order valence-electron chi connectivity index (χ4n) is 2.27. The van der Waals surface area contributed by atoms with Crippen LogP contribution in [0, 0.1) is 0 Å². The Hall–Kier alpha value is -3.67. The number of ether oxygens (including phenoxy) is 1. The molecule has 0 saturated carbocycles. The second-order valence-electron chi connectivity index (χ2n) is 5.25. The Kier molecular flexibility index (Phi) is 3.84. The Bertz CT molecular complexity index is 965. The number of nitrogens with zero attached hydrogens (tertiary/aromatic N) is 3. The van der Waals surface area contributed by atoms with Crippen LogP contribution in [0.15, 0.2) is 77.8 Å². The second-order valence-corrected chi connectivity index (χ2v) is 5.25. The molecule has 1 N–H and O–H groups in total. The van der Waals surface area contributed by atoms with Gasteiger partial charge in [0, 0.05) is 18.0 Å². The van der Waals surface area contributed by atoms with Crippen molar-refractivity contribution in [3.05, 3.63) is 73.4 Å². The summed E-state index contributed by atoms with van der Waals surface area (Å²) in [6.45, 7) is 0. The molecule has 2 heterocycles. The fraction of sp³-hybridized carbons (Fsp3) is 0. The van der Waals surface area contributed by atoms with E-state index >= 15 is 0 Å². The third-order valence-corrected chi connectivity index (χ3v) is 3.50. The largest absolute Gasteiger partial charge is 0.508 e. The highest BCUT2D eigenvalue weighted by molar-refractivity contribution is 5.60. The molecule has 0 spiro atoms. The molecule has 2 aromatic carbocycles. The van der Waals surface area contributed by atoms with Gasteiger partial charge in [-0.3, -0.25) is 9.97 Å². The molecule has 0 atom stereocenters. The van der Waals surface area contributed by atoms with Gasteiger partial charge in [-0.15, -0.1) is 0 Å². The Balaban J connectivity index is 1.52. The van der Waals surface area contributed by atoms with Gasteiger partial charge in [0.2, 0.25) is 5.89 Å². The molecule has 0 aliphatic heterocycles. The van der Waals surface area contributed by atoms with Gasteiger partial charge >= 0.3 is 0 Å². The molecule has 6 heteroatoms. The van der Waals surface area contributed by atoms with Gasteiger partial charge in [-0.2, -0.15) is 0 Å². The molecule has 0 radical (unpaired) electrons. The lowest BCUT2D eigenvalue weighted by Gasteiger charge is -2.06. The summed E-state index contributed by atoms with van der Waals surface area (Å²) in [6.07, 6.45) is 6.41. The third kappa shape index (κ3) is 3.32. The van der Waals surface area contributed by atoms with E-state index in [1.807, 2.05) is 24.3 Å². The lowest BCUT2D eigenvalue weighted by molar-refractivity contribution is 0.464. The van der Waals surface area contributed by atoms with Crippen molar-refractivity contribution in [1.82, 2.24) is 15.0 Å². The Morgan fingerprint density at radius 1 is 0.840 bits per heavy atom. The van der Waals surface area contributed by atoms with Crippen LogP contribution >= 0.6 is 0 Å². The molecule has 0 fully saturated rings. The number of hydrogen-bond donors (Lipinski definition) is 1. The van der Waals surface area contributed by atoms with Gasteiger partial charge in [-0.05, 0) is 48.5 Å². The maximum atomic E-state index is 9.29. The van der Waals surface area contributed by atoms with E-state index in [2.05, 4.69) is 15.0 Å². The van der Waals surface area contributed by atoms with E-state index in [0.717, 1.165) is 5.56 Å². The lowest BCUT2D eigenvalue weighted by atomic mass is 10.2.